The molecule has 0 aromatic heterocycles. The molecule has 1 N–H and O–H groups in total. The van der Waals surface area contributed by atoms with Crippen LogP contribution in [0.25, 0.3) is 0 Å². The molecule has 21 heavy (non-hydrogen) atoms. The second-order valence-electron chi connectivity index (χ2n) is 5.71. The lowest BCUT2D eigenvalue weighted by molar-refractivity contribution is 0.374. The van der Waals surface area contributed by atoms with Crippen molar-refractivity contribution in [1.82, 2.24) is 5.32 Å². The molecule has 1 heterocycles. The minimum Gasteiger partial charge on any atom is -0.316 e. The van der Waals surface area contributed by atoms with E-state index in [4.69, 9.17) is 0 Å². The average molecular weight is 331 g/mol. The van der Waals surface area contributed by atoms with Crippen LogP contribution >= 0.6 is 0 Å². The predicted octanol–water partition coefficient (Wildman–Crippen LogP) is 1.04. The molecule has 0 bridgehead atoms. The molecule has 0 spiro atoms. The Balaban J connectivity index is 2.50. The molecule has 1 unspecified atom stereocenters. The van der Waals surface area contributed by atoms with Gasteiger partial charge in [-0.15, -0.1) is 0 Å². The zero-order valence-electron chi connectivity index (χ0n) is 12.3. The highest BCUT2D eigenvalue weighted by Gasteiger charge is 2.25. The van der Waals surface area contributed by atoms with Gasteiger partial charge in [0.05, 0.1) is 9.79 Å². The molecule has 1 aromatic carbocycles. The van der Waals surface area contributed by atoms with Crippen molar-refractivity contribution in [2.24, 2.45) is 5.92 Å². The Hall–Kier alpha value is -0.920. The van der Waals surface area contributed by atoms with Crippen LogP contribution in [0.3, 0.4) is 0 Å². The van der Waals surface area contributed by atoms with Gasteiger partial charge in [0, 0.05) is 12.5 Å². The molecule has 1 fully saturated rings. The zero-order valence-corrected chi connectivity index (χ0v) is 13.9. The summed E-state index contributed by atoms with van der Waals surface area (Å²) in [5.74, 6) is 0.342. The Bertz CT molecular complexity index is 717. The van der Waals surface area contributed by atoms with Crippen molar-refractivity contribution in [3.8, 4) is 0 Å². The quantitative estimate of drug-likeness (QED) is 0.891. The van der Waals surface area contributed by atoms with E-state index in [0.29, 0.717) is 17.9 Å². The fourth-order valence-corrected chi connectivity index (χ4v) is 5.61. The SMILES string of the molecule is CS(=O)(=O)c1cccc(CC2CCCNC2)c1S(C)(=O)=O. The van der Waals surface area contributed by atoms with Crippen molar-refractivity contribution in [3.05, 3.63) is 23.8 Å². The lowest BCUT2D eigenvalue weighted by Crippen LogP contribution is -2.31. The Morgan fingerprint density at radius 3 is 2.38 bits per heavy atom. The van der Waals surface area contributed by atoms with Gasteiger partial charge in [-0.05, 0) is 49.9 Å². The van der Waals surface area contributed by atoms with E-state index in [1.54, 1.807) is 12.1 Å². The third-order valence-corrected chi connectivity index (χ3v) is 6.23. The molecule has 2 rings (SSSR count). The molecule has 1 atom stereocenters. The number of nitrogens with one attached hydrogen (secondary N) is 1. The van der Waals surface area contributed by atoms with Gasteiger partial charge >= 0.3 is 0 Å². The molecular weight excluding hydrogens is 310 g/mol. The van der Waals surface area contributed by atoms with Crippen molar-refractivity contribution >= 4 is 19.7 Å². The molecule has 5 nitrogen and oxygen atoms in total. The molecule has 1 saturated heterocycles. The third-order valence-electron chi connectivity index (χ3n) is 3.74. The highest BCUT2D eigenvalue weighted by atomic mass is 32.2. The van der Waals surface area contributed by atoms with Crippen LogP contribution in [0.5, 0.6) is 0 Å². The summed E-state index contributed by atoms with van der Waals surface area (Å²) < 4.78 is 47.9. The Morgan fingerprint density at radius 2 is 1.86 bits per heavy atom. The first-order chi connectivity index (χ1) is 9.69. The third kappa shape index (κ3) is 4.05. The molecule has 0 saturated carbocycles. The monoisotopic (exact) mass is 331 g/mol. The molecule has 1 aliphatic rings. The van der Waals surface area contributed by atoms with Gasteiger partial charge in [-0.25, -0.2) is 16.8 Å². The van der Waals surface area contributed by atoms with Crippen LogP contribution in [0.15, 0.2) is 28.0 Å². The molecule has 118 valence electrons. The predicted molar refractivity (Wildman–Crippen MR) is 82.0 cm³/mol. The summed E-state index contributed by atoms with van der Waals surface area (Å²) >= 11 is 0. The molecule has 7 heteroatoms. The van der Waals surface area contributed by atoms with E-state index in [2.05, 4.69) is 5.32 Å². The van der Waals surface area contributed by atoms with Crippen LogP contribution in [0, 0.1) is 5.92 Å². The van der Waals surface area contributed by atoms with E-state index in [-0.39, 0.29) is 9.79 Å². The summed E-state index contributed by atoms with van der Waals surface area (Å²) in [6.07, 6.45) is 4.78. The van der Waals surface area contributed by atoms with E-state index in [0.717, 1.165) is 38.4 Å². The van der Waals surface area contributed by atoms with Gasteiger partial charge in [0.25, 0.3) is 0 Å². The topological polar surface area (TPSA) is 80.3 Å². The van der Waals surface area contributed by atoms with E-state index in [1.165, 1.54) is 6.07 Å². The van der Waals surface area contributed by atoms with Crippen molar-refractivity contribution in [3.63, 3.8) is 0 Å². The fraction of sp³-hybridized carbons (Fsp3) is 0.571. The molecule has 1 aliphatic heterocycles. The van der Waals surface area contributed by atoms with Gasteiger partial charge in [0.1, 0.15) is 0 Å². The number of sulfone groups is 2. The second kappa shape index (κ2) is 6.06. The van der Waals surface area contributed by atoms with Gasteiger partial charge in [0.15, 0.2) is 19.7 Å². The minimum absolute atomic E-state index is 0.0296. The van der Waals surface area contributed by atoms with E-state index in [9.17, 15) is 16.8 Å². The van der Waals surface area contributed by atoms with Crippen LogP contribution in [0.2, 0.25) is 0 Å². The van der Waals surface area contributed by atoms with Crippen LogP contribution in [-0.4, -0.2) is 42.4 Å². The normalized spacial score (nSPS) is 20.4. The van der Waals surface area contributed by atoms with Crippen LogP contribution in [0.1, 0.15) is 18.4 Å². The number of piperidine rings is 1. The lowest BCUT2D eigenvalue weighted by atomic mass is 9.92. The van der Waals surface area contributed by atoms with Crippen LogP contribution < -0.4 is 5.32 Å². The first-order valence-corrected chi connectivity index (χ1v) is 10.7. The lowest BCUT2D eigenvalue weighted by Gasteiger charge is -2.24. The largest absolute Gasteiger partial charge is 0.316 e. The average Bonchev–Trinajstić information content (AvgIpc) is 2.37. The first-order valence-electron chi connectivity index (χ1n) is 6.92. The number of benzene rings is 1. The van der Waals surface area contributed by atoms with Gasteiger partial charge in [-0.2, -0.15) is 0 Å². The number of hydrogen-bond donors (Lipinski definition) is 1. The van der Waals surface area contributed by atoms with Crippen LogP contribution in [0.4, 0.5) is 0 Å². The summed E-state index contributed by atoms with van der Waals surface area (Å²) in [6, 6.07) is 4.71. The summed E-state index contributed by atoms with van der Waals surface area (Å²) in [5.41, 5.74) is 0.606. The molecule has 0 radical (unpaired) electrons. The summed E-state index contributed by atoms with van der Waals surface area (Å²) in [6.45, 7) is 1.82. The Morgan fingerprint density at radius 1 is 1.14 bits per heavy atom. The summed E-state index contributed by atoms with van der Waals surface area (Å²) in [4.78, 5) is -0.121. The number of hydrogen-bond acceptors (Lipinski definition) is 5. The Labute approximate surface area is 126 Å². The van der Waals surface area contributed by atoms with Crippen molar-refractivity contribution in [2.45, 2.75) is 29.1 Å². The standard InChI is InChI=1S/C14H21NO4S2/c1-20(16,17)13-7-3-6-12(14(13)21(2,18)19)9-11-5-4-8-15-10-11/h3,6-7,11,15H,4-5,8-10H2,1-2H3. The van der Waals surface area contributed by atoms with E-state index in [1.807, 2.05) is 0 Å². The summed E-state index contributed by atoms with van der Waals surface area (Å²) in [7, 11) is -7.17. The molecule has 1 aromatic rings. The van der Waals surface area contributed by atoms with Crippen molar-refractivity contribution in [1.29, 1.82) is 0 Å². The van der Waals surface area contributed by atoms with Crippen molar-refractivity contribution in [2.75, 3.05) is 25.6 Å². The fourth-order valence-electron chi connectivity index (χ4n) is 2.84. The van der Waals surface area contributed by atoms with Crippen molar-refractivity contribution < 1.29 is 16.8 Å². The highest BCUT2D eigenvalue weighted by molar-refractivity contribution is 7.93. The maximum absolute atomic E-state index is 12.1. The summed E-state index contributed by atoms with van der Waals surface area (Å²) in [5, 5.41) is 3.29. The van der Waals surface area contributed by atoms with Gasteiger partial charge in [0.2, 0.25) is 0 Å². The van der Waals surface area contributed by atoms with Gasteiger partial charge in [-0.3, -0.25) is 0 Å². The smallest absolute Gasteiger partial charge is 0.177 e. The molecular formula is C14H21NO4S2. The van der Waals surface area contributed by atoms with Gasteiger partial charge < -0.3 is 5.32 Å². The zero-order chi connectivity index (χ0) is 15.7. The minimum atomic E-state index is -3.60. The van der Waals surface area contributed by atoms with Gasteiger partial charge in [-0.1, -0.05) is 12.1 Å². The molecule has 0 aliphatic carbocycles. The van der Waals surface area contributed by atoms with Crippen LogP contribution in [-0.2, 0) is 26.1 Å². The number of rotatable bonds is 4. The second-order valence-corrected chi connectivity index (χ2v) is 9.64. The maximum Gasteiger partial charge on any atom is 0.177 e. The molecule has 0 amide bonds. The van der Waals surface area contributed by atoms with E-state index >= 15 is 0 Å². The highest BCUT2D eigenvalue weighted by Crippen LogP contribution is 2.28. The van der Waals surface area contributed by atoms with E-state index < -0.39 is 19.7 Å². The maximum atomic E-state index is 12.1. The Kier molecular flexibility index (Phi) is 4.75. The first kappa shape index (κ1) is 16.5.